The van der Waals surface area contributed by atoms with Crippen LogP contribution >= 0.6 is 11.8 Å². The summed E-state index contributed by atoms with van der Waals surface area (Å²) >= 11 is 1.67. The fourth-order valence-electron chi connectivity index (χ4n) is 1.14. The summed E-state index contributed by atoms with van der Waals surface area (Å²) in [6.45, 7) is 4.66. The van der Waals surface area contributed by atoms with E-state index < -0.39 is 10.7 Å². The monoisotopic (exact) mass is 258 g/mol. The van der Waals surface area contributed by atoms with Crippen molar-refractivity contribution >= 4 is 23.1 Å². The highest BCUT2D eigenvalue weighted by Crippen LogP contribution is 2.24. The first kappa shape index (κ1) is 13.8. The summed E-state index contributed by atoms with van der Waals surface area (Å²) in [5, 5.41) is 13.4. The summed E-state index contributed by atoms with van der Waals surface area (Å²) < 4.78 is 13.5. The number of halogens is 1. The van der Waals surface area contributed by atoms with Crippen LogP contribution in [0.3, 0.4) is 0 Å². The SMILES string of the molecule is CSC(C)(C)CNc1ccc([N+](=O)[O-])cc1F. The molecule has 1 aromatic carbocycles. The molecule has 0 aliphatic carbocycles. The molecule has 94 valence electrons. The van der Waals surface area contributed by atoms with Crippen molar-refractivity contribution in [2.24, 2.45) is 0 Å². The minimum absolute atomic E-state index is 0.0196. The van der Waals surface area contributed by atoms with Gasteiger partial charge in [-0.25, -0.2) is 4.39 Å². The number of nitro groups is 1. The van der Waals surface area contributed by atoms with E-state index >= 15 is 0 Å². The first-order valence-corrected chi connectivity index (χ1v) is 6.31. The summed E-state index contributed by atoms with van der Waals surface area (Å²) in [6.07, 6.45) is 1.98. The maximum absolute atomic E-state index is 13.5. The highest BCUT2D eigenvalue weighted by Gasteiger charge is 2.17. The zero-order valence-corrected chi connectivity index (χ0v) is 10.8. The largest absolute Gasteiger partial charge is 0.381 e. The molecule has 0 fully saturated rings. The van der Waals surface area contributed by atoms with E-state index in [1.165, 1.54) is 12.1 Å². The first-order chi connectivity index (χ1) is 7.85. The van der Waals surface area contributed by atoms with Gasteiger partial charge in [0.15, 0.2) is 5.82 Å². The fraction of sp³-hybridized carbons (Fsp3) is 0.455. The van der Waals surface area contributed by atoms with Gasteiger partial charge in [0.25, 0.3) is 5.69 Å². The van der Waals surface area contributed by atoms with Gasteiger partial charge in [0.1, 0.15) is 0 Å². The Labute approximate surface area is 104 Å². The third kappa shape index (κ3) is 3.89. The number of hydrogen-bond acceptors (Lipinski definition) is 4. The molecule has 0 heterocycles. The minimum Gasteiger partial charge on any atom is -0.381 e. The average Bonchev–Trinajstić information content (AvgIpc) is 2.27. The Hall–Kier alpha value is -1.30. The molecule has 1 rings (SSSR count). The Morgan fingerprint density at radius 2 is 2.18 bits per heavy atom. The van der Waals surface area contributed by atoms with Crippen molar-refractivity contribution in [3.05, 3.63) is 34.1 Å². The normalized spacial score (nSPS) is 11.3. The molecule has 0 bridgehead atoms. The average molecular weight is 258 g/mol. The molecule has 0 amide bonds. The number of thioether (sulfide) groups is 1. The standard InChI is InChI=1S/C11H15FN2O2S/c1-11(2,17-3)7-13-10-5-4-8(14(15)16)6-9(10)12/h4-6,13H,7H2,1-3H3. The lowest BCUT2D eigenvalue weighted by atomic mass is 10.2. The van der Waals surface area contributed by atoms with E-state index in [0.717, 1.165) is 6.07 Å². The lowest BCUT2D eigenvalue weighted by Gasteiger charge is -2.23. The molecule has 0 aliphatic heterocycles. The van der Waals surface area contributed by atoms with Gasteiger partial charge in [-0.3, -0.25) is 10.1 Å². The van der Waals surface area contributed by atoms with Gasteiger partial charge < -0.3 is 5.32 Å². The molecule has 0 aromatic heterocycles. The van der Waals surface area contributed by atoms with E-state index in [1.807, 2.05) is 20.1 Å². The smallest absolute Gasteiger partial charge is 0.272 e. The van der Waals surface area contributed by atoms with Crippen LogP contribution < -0.4 is 5.32 Å². The zero-order valence-electron chi connectivity index (χ0n) is 9.99. The minimum atomic E-state index is -0.612. The number of anilines is 1. The molecule has 4 nitrogen and oxygen atoms in total. The Kier molecular flexibility index (Phi) is 4.34. The van der Waals surface area contributed by atoms with Crippen molar-refractivity contribution in [3.8, 4) is 0 Å². The van der Waals surface area contributed by atoms with Crippen molar-refractivity contribution in [1.29, 1.82) is 0 Å². The zero-order chi connectivity index (χ0) is 13.1. The molecule has 0 saturated heterocycles. The number of nitrogens with zero attached hydrogens (tertiary/aromatic N) is 1. The highest BCUT2D eigenvalue weighted by atomic mass is 32.2. The number of nitrogens with one attached hydrogen (secondary N) is 1. The number of non-ortho nitro benzene ring substituents is 1. The predicted octanol–water partition coefficient (Wildman–Crippen LogP) is 3.29. The summed E-state index contributed by atoms with van der Waals surface area (Å²) in [7, 11) is 0. The molecule has 6 heteroatoms. The van der Waals surface area contributed by atoms with E-state index in [2.05, 4.69) is 5.32 Å². The van der Waals surface area contributed by atoms with Crippen molar-refractivity contribution < 1.29 is 9.31 Å². The molecule has 0 atom stereocenters. The van der Waals surface area contributed by atoms with Crippen LogP contribution in [0.25, 0.3) is 0 Å². The Morgan fingerprint density at radius 3 is 2.65 bits per heavy atom. The maximum Gasteiger partial charge on any atom is 0.272 e. The highest BCUT2D eigenvalue weighted by molar-refractivity contribution is 7.99. The first-order valence-electron chi connectivity index (χ1n) is 5.09. The summed E-state index contributed by atoms with van der Waals surface area (Å²) in [6, 6.07) is 3.61. The van der Waals surface area contributed by atoms with Crippen molar-refractivity contribution in [2.45, 2.75) is 18.6 Å². The molecule has 0 unspecified atom stereocenters. The molecule has 0 saturated carbocycles. The van der Waals surface area contributed by atoms with Crippen molar-refractivity contribution in [1.82, 2.24) is 0 Å². The van der Waals surface area contributed by atoms with Gasteiger partial charge in [-0.15, -0.1) is 0 Å². The van der Waals surface area contributed by atoms with Crippen LogP contribution in [-0.4, -0.2) is 22.5 Å². The van der Waals surface area contributed by atoms with Gasteiger partial charge in [0.05, 0.1) is 16.7 Å². The van der Waals surface area contributed by atoms with E-state index in [9.17, 15) is 14.5 Å². The van der Waals surface area contributed by atoms with Crippen LogP contribution in [0.5, 0.6) is 0 Å². The van der Waals surface area contributed by atoms with Crippen LogP contribution in [0, 0.1) is 15.9 Å². The van der Waals surface area contributed by atoms with Gasteiger partial charge >= 0.3 is 0 Å². The third-order valence-corrected chi connectivity index (χ3v) is 3.67. The number of benzene rings is 1. The predicted molar refractivity (Wildman–Crippen MR) is 69.1 cm³/mol. The Morgan fingerprint density at radius 1 is 1.53 bits per heavy atom. The van der Waals surface area contributed by atoms with E-state index in [0.29, 0.717) is 6.54 Å². The van der Waals surface area contributed by atoms with Gasteiger partial charge in [-0.1, -0.05) is 0 Å². The molecular formula is C11H15FN2O2S. The number of hydrogen-bond donors (Lipinski definition) is 1. The van der Waals surface area contributed by atoms with Gasteiger partial charge in [0.2, 0.25) is 0 Å². The quantitative estimate of drug-likeness (QED) is 0.650. The third-order valence-electron chi connectivity index (χ3n) is 2.42. The molecule has 1 aromatic rings. The van der Waals surface area contributed by atoms with Crippen LogP contribution in [0.1, 0.15) is 13.8 Å². The lowest BCUT2D eigenvalue weighted by molar-refractivity contribution is -0.385. The van der Waals surface area contributed by atoms with E-state index in [-0.39, 0.29) is 16.1 Å². The van der Waals surface area contributed by atoms with Crippen LogP contribution in [0.2, 0.25) is 0 Å². The second-order valence-corrected chi connectivity index (χ2v) is 5.75. The van der Waals surface area contributed by atoms with Crippen molar-refractivity contribution in [2.75, 3.05) is 18.1 Å². The Bertz CT molecular complexity index is 424. The van der Waals surface area contributed by atoms with E-state index in [1.54, 1.807) is 11.8 Å². The molecule has 0 radical (unpaired) electrons. The van der Waals surface area contributed by atoms with Crippen LogP contribution in [0.4, 0.5) is 15.8 Å². The molecule has 1 N–H and O–H groups in total. The summed E-state index contributed by atoms with van der Waals surface area (Å²) in [5.74, 6) is -0.601. The second-order valence-electron chi connectivity index (χ2n) is 4.24. The summed E-state index contributed by atoms with van der Waals surface area (Å²) in [5.41, 5.74) is 0.0508. The van der Waals surface area contributed by atoms with E-state index in [4.69, 9.17) is 0 Å². The number of nitro benzene ring substituents is 1. The maximum atomic E-state index is 13.5. The van der Waals surface area contributed by atoms with Gasteiger partial charge in [-0.2, -0.15) is 11.8 Å². The van der Waals surface area contributed by atoms with Gasteiger partial charge in [0, 0.05) is 17.4 Å². The fourth-order valence-corrected chi connectivity index (χ4v) is 1.36. The molecule has 0 spiro atoms. The van der Waals surface area contributed by atoms with Crippen molar-refractivity contribution in [3.63, 3.8) is 0 Å². The van der Waals surface area contributed by atoms with Crippen LogP contribution in [-0.2, 0) is 0 Å². The topological polar surface area (TPSA) is 55.2 Å². The van der Waals surface area contributed by atoms with Crippen LogP contribution in [0.15, 0.2) is 18.2 Å². The molecule has 0 aliphatic rings. The molecular weight excluding hydrogens is 243 g/mol. The Balaban J connectivity index is 2.77. The van der Waals surface area contributed by atoms with Gasteiger partial charge in [-0.05, 0) is 26.2 Å². The summed E-state index contributed by atoms with van der Waals surface area (Å²) in [4.78, 5) is 9.83. The molecule has 17 heavy (non-hydrogen) atoms. The number of rotatable bonds is 5. The second kappa shape index (κ2) is 5.35. The lowest BCUT2D eigenvalue weighted by Crippen LogP contribution is -2.26.